The first-order valence-corrected chi connectivity index (χ1v) is 5.46. The highest BCUT2D eigenvalue weighted by atomic mass is 79.9. The summed E-state index contributed by atoms with van der Waals surface area (Å²) in [5.41, 5.74) is 0.818. The summed E-state index contributed by atoms with van der Waals surface area (Å²) < 4.78 is 10.3. The molecule has 5 heteroatoms. The number of carbonyl (C=O) groups is 1. The summed E-state index contributed by atoms with van der Waals surface area (Å²) in [6.07, 6.45) is -0.938. The Labute approximate surface area is 102 Å². The van der Waals surface area contributed by atoms with Crippen LogP contribution in [0.4, 0.5) is 0 Å². The Morgan fingerprint density at radius 3 is 2.69 bits per heavy atom. The molecule has 0 saturated heterocycles. The molecule has 4 nitrogen and oxygen atoms in total. The number of esters is 1. The second-order valence-electron chi connectivity index (χ2n) is 3.20. The number of halogens is 1. The van der Waals surface area contributed by atoms with Gasteiger partial charge in [-0.1, -0.05) is 22.0 Å². The van der Waals surface area contributed by atoms with Crippen LogP contribution in [0.15, 0.2) is 22.7 Å². The lowest BCUT2D eigenvalue weighted by molar-refractivity contribution is -0.150. The van der Waals surface area contributed by atoms with Gasteiger partial charge in [-0.05, 0) is 17.7 Å². The quantitative estimate of drug-likeness (QED) is 0.854. The van der Waals surface area contributed by atoms with E-state index in [1.165, 1.54) is 7.11 Å². The Morgan fingerprint density at radius 1 is 1.50 bits per heavy atom. The third kappa shape index (κ3) is 3.21. The fraction of sp³-hybridized carbons (Fsp3) is 0.364. The molecule has 1 aromatic rings. The van der Waals surface area contributed by atoms with Crippen molar-refractivity contribution in [3.63, 3.8) is 0 Å². The van der Waals surface area contributed by atoms with Gasteiger partial charge in [0.05, 0.1) is 14.2 Å². The first-order chi connectivity index (χ1) is 7.58. The van der Waals surface area contributed by atoms with Crippen LogP contribution in [0.2, 0.25) is 0 Å². The van der Waals surface area contributed by atoms with Gasteiger partial charge >= 0.3 is 5.97 Å². The largest absolute Gasteiger partial charge is 0.497 e. The van der Waals surface area contributed by atoms with Gasteiger partial charge in [0, 0.05) is 10.9 Å². The standard InChI is InChI=1S/C11H13BrO4/c1-15-8-4-3-7(9(12)6-8)5-10(13)11(14)16-2/h3-4,6,10,13H,5H2,1-2H3. The van der Waals surface area contributed by atoms with Gasteiger partial charge in [-0.25, -0.2) is 4.79 Å². The van der Waals surface area contributed by atoms with Gasteiger partial charge in [-0.2, -0.15) is 0 Å². The average Bonchev–Trinajstić information content (AvgIpc) is 2.30. The van der Waals surface area contributed by atoms with Crippen LogP contribution >= 0.6 is 15.9 Å². The molecule has 1 aromatic carbocycles. The fourth-order valence-corrected chi connectivity index (χ4v) is 1.77. The van der Waals surface area contributed by atoms with Gasteiger partial charge in [0.1, 0.15) is 5.75 Å². The van der Waals surface area contributed by atoms with Gasteiger partial charge in [0.15, 0.2) is 6.10 Å². The lowest BCUT2D eigenvalue weighted by atomic mass is 10.1. The van der Waals surface area contributed by atoms with Crippen molar-refractivity contribution in [1.29, 1.82) is 0 Å². The number of hydrogen-bond donors (Lipinski definition) is 1. The predicted molar refractivity (Wildman–Crippen MR) is 62.4 cm³/mol. The van der Waals surface area contributed by atoms with Crippen molar-refractivity contribution < 1.29 is 19.4 Å². The van der Waals surface area contributed by atoms with Gasteiger partial charge in [-0.3, -0.25) is 0 Å². The summed E-state index contributed by atoms with van der Waals surface area (Å²) in [7, 11) is 2.82. The zero-order valence-corrected chi connectivity index (χ0v) is 10.7. The van der Waals surface area contributed by atoms with Crippen molar-refractivity contribution in [3.05, 3.63) is 28.2 Å². The van der Waals surface area contributed by atoms with Crippen LogP contribution in [-0.2, 0) is 16.0 Å². The van der Waals surface area contributed by atoms with Gasteiger partial charge in [0.25, 0.3) is 0 Å². The number of benzene rings is 1. The van der Waals surface area contributed by atoms with Crippen molar-refractivity contribution >= 4 is 21.9 Å². The van der Waals surface area contributed by atoms with E-state index in [0.717, 1.165) is 10.0 Å². The second kappa shape index (κ2) is 5.86. The molecule has 0 aliphatic carbocycles. The van der Waals surface area contributed by atoms with E-state index in [4.69, 9.17) is 4.74 Å². The smallest absolute Gasteiger partial charge is 0.335 e. The molecule has 0 heterocycles. The SMILES string of the molecule is COC(=O)C(O)Cc1ccc(OC)cc1Br. The lowest BCUT2D eigenvalue weighted by Crippen LogP contribution is -2.24. The van der Waals surface area contributed by atoms with E-state index in [9.17, 15) is 9.90 Å². The average molecular weight is 289 g/mol. The van der Waals surface area contributed by atoms with E-state index in [0.29, 0.717) is 5.75 Å². The molecule has 88 valence electrons. The van der Waals surface area contributed by atoms with Crippen LogP contribution in [0, 0.1) is 0 Å². The van der Waals surface area contributed by atoms with Gasteiger partial charge in [-0.15, -0.1) is 0 Å². The molecule has 0 amide bonds. The van der Waals surface area contributed by atoms with Crippen molar-refractivity contribution in [2.45, 2.75) is 12.5 Å². The Hall–Kier alpha value is -1.07. The minimum Gasteiger partial charge on any atom is -0.497 e. The van der Waals surface area contributed by atoms with Crippen molar-refractivity contribution in [1.82, 2.24) is 0 Å². The number of aliphatic hydroxyl groups is 1. The molecule has 1 atom stereocenters. The molecule has 0 aromatic heterocycles. The summed E-state index contributed by atoms with van der Waals surface area (Å²) in [4.78, 5) is 11.0. The number of rotatable bonds is 4. The van der Waals surface area contributed by atoms with E-state index in [1.54, 1.807) is 25.3 Å². The summed E-state index contributed by atoms with van der Waals surface area (Å²) >= 11 is 3.34. The maximum absolute atomic E-state index is 11.0. The molecule has 0 bridgehead atoms. The highest BCUT2D eigenvalue weighted by molar-refractivity contribution is 9.10. The predicted octanol–water partition coefficient (Wildman–Crippen LogP) is 1.53. The monoisotopic (exact) mass is 288 g/mol. The fourth-order valence-electron chi connectivity index (χ4n) is 1.25. The van der Waals surface area contributed by atoms with Crippen LogP contribution in [0.1, 0.15) is 5.56 Å². The van der Waals surface area contributed by atoms with Crippen LogP contribution < -0.4 is 4.74 Å². The first kappa shape index (κ1) is 13.0. The van der Waals surface area contributed by atoms with E-state index < -0.39 is 12.1 Å². The van der Waals surface area contributed by atoms with Crippen molar-refractivity contribution in [2.75, 3.05) is 14.2 Å². The Morgan fingerprint density at radius 2 is 2.19 bits per heavy atom. The van der Waals surface area contributed by atoms with E-state index in [1.807, 2.05) is 0 Å². The first-order valence-electron chi connectivity index (χ1n) is 4.66. The van der Waals surface area contributed by atoms with Crippen LogP contribution in [-0.4, -0.2) is 31.4 Å². The number of aliphatic hydroxyl groups excluding tert-OH is 1. The molecule has 0 aliphatic rings. The second-order valence-corrected chi connectivity index (χ2v) is 4.05. The Bertz CT molecular complexity index is 378. The number of ether oxygens (including phenoxy) is 2. The summed E-state index contributed by atoms with van der Waals surface area (Å²) in [5, 5.41) is 9.50. The Balaban J connectivity index is 2.78. The highest BCUT2D eigenvalue weighted by Gasteiger charge is 2.17. The number of carbonyl (C=O) groups excluding carboxylic acids is 1. The van der Waals surface area contributed by atoms with Gasteiger partial charge in [0.2, 0.25) is 0 Å². The zero-order valence-electron chi connectivity index (χ0n) is 9.07. The minimum absolute atomic E-state index is 0.206. The molecule has 1 N–H and O–H groups in total. The van der Waals surface area contributed by atoms with Crippen LogP contribution in [0.5, 0.6) is 5.75 Å². The molecular weight excluding hydrogens is 276 g/mol. The summed E-state index contributed by atoms with van der Waals surface area (Å²) in [6, 6.07) is 5.33. The van der Waals surface area contributed by atoms with Crippen LogP contribution in [0.3, 0.4) is 0 Å². The maximum atomic E-state index is 11.0. The van der Waals surface area contributed by atoms with Crippen LogP contribution in [0.25, 0.3) is 0 Å². The molecule has 0 spiro atoms. The summed E-state index contributed by atoms with van der Waals surface area (Å²) in [5.74, 6) is 0.0749. The highest BCUT2D eigenvalue weighted by Crippen LogP contribution is 2.24. The Kier molecular flexibility index (Phi) is 4.76. The molecule has 16 heavy (non-hydrogen) atoms. The molecular formula is C11H13BrO4. The molecule has 1 rings (SSSR count). The number of methoxy groups -OCH3 is 2. The normalized spacial score (nSPS) is 12.0. The minimum atomic E-state index is -1.14. The van der Waals surface area contributed by atoms with Crippen molar-refractivity contribution in [2.24, 2.45) is 0 Å². The molecule has 1 unspecified atom stereocenters. The third-order valence-corrected chi connectivity index (χ3v) is 2.88. The van der Waals surface area contributed by atoms with E-state index >= 15 is 0 Å². The lowest BCUT2D eigenvalue weighted by Gasteiger charge is -2.10. The molecule has 0 aliphatic heterocycles. The molecule has 0 fully saturated rings. The molecule has 0 radical (unpaired) electrons. The third-order valence-electron chi connectivity index (χ3n) is 2.15. The van der Waals surface area contributed by atoms with Crippen molar-refractivity contribution in [3.8, 4) is 5.75 Å². The maximum Gasteiger partial charge on any atom is 0.335 e. The van der Waals surface area contributed by atoms with E-state index in [-0.39, 0.29) is 6.42 Å². The number of hydrogen-bond acceptors (Lipinski definition) is 4. The topological polar surface area (TPSA) is 55.8 Å². The summed E-state index contributed by atoms with van der Waals surface area (Å²) in [6.45, 7) is 0. The van der Waals surface area contributed by atoms with E-state index in [2.05, 4.69) is 20.7 Å². The van der Waals surface area contributed by atoms with Gasteiger partial charge < -0.3 is 14.6 Å². The zero-order chi connectivity index (χ0) is 12.1. The molecule has 0 saturated carbocycles.